The zero-order chi connectivity index (χ0) is 6.57. The molecule has 0 bridgehead atoms. The van der Waals surface area contributed by atoms with Crippen molar-refractivity contribution in [2.24, 2.45) is 0 Å². The minimum Gasteiger partial charge on any atom is -0.107 e. The maximum atomic E-state index is 2.39. The van der Waals surface area contributed by atoms with Gasteiger partial charge in [-0.15, -0.1) is 7.92 Å². The lowest BCUT2D eigenvalue weighted by Crippen LogP contribution is -1.96. The van der Waals surface area contributed by atoms with Crippen LogP contribution in [0, 0.1) is 0 Å². The molecule has 0 aromatic heterocycles. The molecular weight excluding hydrogens is 115 g/mol. The highest BCUT2D eigenvalue weighted by Gasteiger charge is 2.04. The van der Waals surface area contributed by atoms with Crippen LogP contribution >= 0.6 is 7.92 Å². The normalized spacial score (nSPS) is 18.0. The Balaban J connectivity index is 3.29. The van der Waals surface area contributed by atoms with E-state index < -0.39 is 0 Å². The summed E-state index contributed by atoms with van der Waals surface area (Å²) in [6, 6.07) is 0. The van der Waals surface area contributed by atoms with Crippen molar-refractivity contribution < 1.29 is 0 Å². The third-order valence-electron chi connectivity index (χ3n) is 1.84. The van der Waals surface area contributed by atoms with Crippen molar-refractivity contribution in [3.63, 3.8) is 0 Å². The maximum absolute atomic E-state index is 2.39. The number of hydrogen-bond acceptors (Lipinski definition) is 0. The monoisotopic (exact) mass is 132 g/mol. The summed E-state index contributed by atoms with van der Waals surface area (Å²) in [6.07, 6.45) is 2.75. The van der Waals surface area contributed by atoms with E-state index >= 15 is 0 Å². The van der Waals surface area contributed by atoms with Gasteiger partial charge in [-0.1, -0.05) is 20.8 Å². The first-order chi connectivity index (χ1) is 3.72. The minimum atomic E-state index is 0.360. The average Bonchev–Trinajstić information content (AvgIpc) is 1.84. The summed E-state index contributed by atoms with van der Waals surface area (Å²) >= 11 is 0. The smallest absolute Gasteiger partial charge is 0.0243 e. The fourth-order valence-corrected chi connectivity index (χ4v) is 1.87. The molecule has 0 saturated heterocycles. The van der Waals surface area contributed by atoms with Crippen LogP contribution in [-0.2, 0) is 0 Å². The van der Waals surface area contributed by atoms with E-state index in [9.17, 15) is 0 Å². The second-order valence-corrected chi connectivity index (χ2v) is 5.36. The molecule has 0 aromatic carbocycles. The van der Waals surface area contributed by atoms with Crippen molar-refractivity contribution >= 4 is 7.92 Å². The molecule has 0 aromatic rings. The Morgan fingerprint density at radius 1 is 1.38 bits per heavy atom. The summed E-state index contributed by atoms with van der Waals surface area (Å²) in [5.74, 6) is 0. The first-order valence-corrected chi connectivity index (χ1v) is 5.46. The predicted octanol–water partition coefficient (Wildman–Crippen LogP) is 2.92. The molecule has 0 fully saturated rings. The summed E-state index contributed by atoms with van der Waals surface area (Å²) in [6.45, 7) is 9.32. The summed E-state index contributed by atoms with van der Waals surface area (Å²) in [5.41, 5.74) is 0.981. The molecule has 0 aliphatic rings. The first-order valence-electron chi connectivity index (χ1n) is 3.42. The fraction of sp³-hybridized carbons (Fsp3) is 1.00. The fourth-order valence-electron chi connectivity index (χ4n) is 0.623. The highest BCUT2D eigenvalue weighted by Crippen LogP contribution is 2.37. The van der Waals surface area contributed by atoms with E-state index in [1.165, 1.54) is 12.6 Å². The standard InChI is InChI=1S/C7H17P/c1-5-7(3)8(4)6-2/h7H,5-6H2,1-4H3. The third-order valence-corrected chi connectivity index (χ3v) is 4.71. The van der Waals surface area contributed by atoms with E-state index in [2.05, 4.69) is 27.4 Å². The zero-order valence-electron chi connectivity index (χ0n) is 6.44. The lowest BCUT2D eigenvalue weighted by Gasteiger charge is -2.15. The van der Waals surface area contributed by atoms with Gasteiger partial charge in [-0.2, -0.15) is 0 Å². The van der Waals surface area contributed by atoms with Gasteiger partial charge in [-0.05, 0) is 24.9 Å². The minimum absolute atomic E-state index is 0.360. The molecule has 0 radical (unpaired) electrons. The molecule has 8 heavy (non-hydrogen) atoms. The van der Waals surface area contributed by atoms with Crippen LogP contribution in [-0.4, -0.2) is 18.5 Å². The quantitative estimate of drug-likeness (QED) is 0.518. The molecule has 0 aliphatic heterocycles. The van der Waals surface area contributed by atoms with Gasteiger partial charge in [-0.25, -0.2) is 0 Å². The van der Waals surface area contributed by atoms with Crippen LogP contribution in [0.15, 0.2) is 0 Å². The Hall–Kier alpha value is 0.430. The Labute approximate surface area is 54.4 Å². The van der Waals surface area contributed by atoms with Crippen molar-refractivity contribution in [3.8, 4) is 0 Å². The molecule has 0 spiro atoms. The van der Waals surface area contributed by atoms with Gasteiger partial charge < -0.3 is 0 Å². The Morgan fingerprint density at radius 3 is 2.00 bits per heavy atom. The average molecular weight is 132 g/mol. The first kappa shape index (κ1) is 8.43. The zero-order valence-corrected chi connectivity index (χ0v) is 7.33. The van der Waals surface area contributed by atoms with E-state index in [-0.39, 0.29) is 0 Å². The lowest BCUT2D eigenvalue weighted by atomic mass is 10.4. The molecule has 0 N–H and O–H groups in total. The van der Waals surface area contributed by atoms with E-state index in [1.807, 2.05) is 0 Å². The Morgan fingerprint density at radius 2 is 1.88 bits per heavy atom. The molecule has 0 saturated carbocycles. The predicted molar refractivity (Wildman–Crippen MR) is 43.1 cm³/mol. The van der Waals surface area contributed by atoms with Crippen LogP contribution in [0.2, 0.25) is 0 Å². The van der Waals surface area contributed by atoms with Crippen LogP contribution < -0.4 is 0 Å². The summed E-state index contributed by atoms with van der Waals surface area (Å²) in [5, 5.41) is 0. The second-order valence-electron chi connectivity index (χ2n) is 2.33. The van der Waals surface area contributed by atoms with Crippen LogP contribution in [0.1, 0.15) is 27.2 Å². The van der Waals surface area contributed by atoms with E-state index in [0.717, 1.165) is 5.66 Å². The molecule has 0 aliphatic carbocycles. The van der Waals surface area contributed by atoms with Crippen LogP contribution in [0.4, 0.5) is 0 Å². The summed E-state index contributed by atoms with van der Waals surface area (Å²) in [7, 11) is 0.360. The van der Waals surface area contributed by atoms with Gasteiger partial charge in [-0.3, -0.25) is 0 Å². The highest BCUT2D eigenvalue weighted by atomic mass is 31.1. The molecule has 50 valence electrons. The van der Waals surface area contributed by atoms with Crippen molar-refractivity contribution in [2.75, 3.05) is 12.8 Å². The SMILES string of the molecule is CCC(C)P(C)CC. The molecule has 2 unspecified atom stereocenters. The Bertz CT molecular complexity index is 44.3. The van der Waals surface area contributed by atoms with Gasteiger partial charge in [0.15, 0.2) is 0 Å². The van der Waals surface area contributed by atoms with Gasteiger partial charge in [0.25, 0.3) is 0 Å². The van der Waals surface area contributed by atoms with Crippen molar-refractivity contribution in [3.05, 3.63) is 0 Å². The van der Waals surface area contributed by atoms with Crippen molar-refractivity contribution in [1.82, 2.24) is 0 Å². The summed E-state index contributed by atoms with van der Waals surface area (Å²) in [4.78, 5) is 0. The molecule has 0 rings (SSSR count). The molecule has 0 amide bonds. The van der Waals surface area contributed by atoms with Gasteiger partial charge in [0.05, 0.1) is 0 Å². The van der Waals surface area contributed by atoms with Gasteiger partial charge in [0.1, 0.15) is 0 Å². The van der Waals surface area contributed by atoms with Crippen molar-refractivity contribution in [1.29, 1.82) is 0 Å². The summed E-state index contributed by atoms with van der Waals surface area (Å²) < 4.78 is 0. The van der Waals surface area contributed by atoms with E-state index in [1.54, 1.807) is 0 Å². The van der Waals surface area contributed by atoms with Crippen LogP contribution in [0.25, 0.3) is 0 Å². The molecule has 1 heteroatoms. The van der Waals surface area contributed by atoms with Crippen LogP contribution in [0.3, 0.4) is 0 Å². The molecular formula is C7H17P. The van der Waals surface area contributed by atoms with Gasteiger partial charge >= 0.3 is 0 Å². The van der Waals surface area contributed by atoms with Gasteiger partial charge in [0.2, 0.25) is 0 Å². The van der Waals surface area contributed by atoms with E-state index in [0.29, 0.717) is 7.92 Å². The highest BCUT2D eigenvalue weighted by molar-refractivity contribution is 7.57. The largest absolute Gasteiger partial charge is 0.107 e. The lowest BCUT2D eigenvalue weighted by molar-refractivity contribution is 0.891. The topological polar surface area (TPSA) is 0 Å². The molecule has 2 atom stereocenters. The van der Waals surface area contributed by atoms with E-state index in [4.69, 9.17) is 0 Å². The van der Waals surface area contributed by atoms with Crippen molar-refractivity contribution in [2.45, 2.75) is 32.9 Å². The number of rotatable bonds is 3. The third kappa shape index (κ3) is 2.67. The maximum Gasteiger partial charge on any atom is -0.0243 e. The van der Waals surface area contributed by atoms with Crippen LogP contribution in [0.5, 0.6) is 0 Å². The second kappa shape index (κ2) is 4.32. The Kier molecular flexibility index (Phi) is 4.56. The van der Waals surface area contributed by atoms with Gasteiger partial charge in [0, 0.05) is 0 Å². The molecule has 0 heterocycles. The molecule has 0 nitrogen and oxygen atoms in total. The number of hydrogen-bond donors (Lipinski definition) is 0.